The lowest BCUT2D eigenvalue weighted by atomic mass is 10.1. The molecule has 3 heterocycles. The van der Waals surface area contributed by atoms with Gasteiger partial charge in [0.2, 0.25) is 5.95 Å². The van der Waals surface area contributed by atoms with Crippen LogP contribution in [0.2, 0.25) is 0 Å². The summed E-state index contributed by atoms with van der Waals surface area (Å²) in [6, 6.07) is 0. The van der Waals surface area contributed by atoms with Crippen molar-refractivity contribution >= 4 is 17.1 Å². The molecule has 1 aliphatic heterocycles. The summed E-state index contributed by atoms with van der Waals surface area (Å²) in [6.45, 7) is 1.32. The molecule has 1 aliphatic rings. The Bertz CT molecular complexity index is 854. The molecule has 11 nitrogen and oxygen atoms in total. The normalized spacial score (nSPS) is 27.8. The summed E-state index contributed by atoms with van der Waals surface area (Å²) in [5.41, 5.74) is 4.21. The number of fused-ring (bicyclic) bond motifs is 1. The Kier molecular flexibility index (Phi) is 3.72. The molecule has 3 rings (SSSR count). The number of aryl methyl sites for hydroxylation is 1. The van der Waals surface area contributed by atoms with E-state index in [1.807, 2.05) is 0 Å². The largest absolute Gasteiger partial charge is 0.394 e. The third-order valence-electron chi connectivity index (χ3n) is 3.92. The van der Waals surface area contributed by atoms with Crippen molar-refractivity contribution in [1.82, 2.24) is 19.1 Å². The number of H-pyrrole nitrogens is 1. The number of imidazole rings is 1. The van der Waals surface area contributed by atoms with Gasteiger partial charge in [-0.15, -0.1) is 0 Å². The van der Waals surface area contributed by atoms with Crippen LogP contribution >= 0.6 is 0 Å². The van der Waals surface area contributed by atoms with Crippen LogP contribution in [0.5, 0.6) is 0 Å². The number of hydrogen-bond donors (Lipinski definition) is 5. The number of ether oxygens (including phenoxy) is 1. The van der Waals surface area contributed by atoms with Crippen LogP contribution in [0.1, 0.15) is 13.2 Å². The SMILES string of the molecule is CCn1c(=O)n(C2OC(CO)C(O)C2O)c2nc(N)[nH]c(=O)c21. The molecule has 0 aromatic carbocycles. The van der Waals surface area contributed by atoms with E-state index in [1.54, 1.807) is 6.92 Å². The van der Waals surface area contributed by atoms with Gasteiger partial charge in [0.1, 0.15) is 18.3 Å². The van der Waals surface area contributed by atoms with Gasteiger partial charge >= 0.3 is 5.69 Å². The van der Waals surface area contributed by atoms with Gasteiger partial charge in [0, 0.05) is 6.54 Å². The summed E-state index contributed by atoms with van der Waals surface area (Å²) in [5.74, 6) is -0.198. The molecule has 0 spiro atoms. The van der Waals surface area contributed by atoms with Gasteiger partial charge in [-0.05, 0) is 6.92 Å². The Morgan fingerprint density at radius 2 is 2.04 bits per heavy atom. The fraction of sp³-hybridized carbons (Fsp3) is 0.583. The second-order valence-corrected chi connectivity index (χ2v) is 5.25. The van der Waals surface area contributed by atoms with Crippen LogP contribution in [0, 0.1) is 0 Å². The van der Waals surface area contributed by atoms with Gasteiger partial charge in [0.25, 0.3) is 5.56 Å². The topological polar surface area (TPSA) is 169 Å². The van der Waals surface area contributed by atoms with Crippen molar-refractivity contribution in [3.63, 3.8) is 0 Å². The second-order valence-electron chi connectivity index (χ2n) is 5.25. The lowest BCUT2D eigenvalue weighted by molar-refractivity contribution is -0.0527. The molecule has 2 aromatic heterocycles. The maximum atomic E-state index is 12.6. The smallest absolute Gasteiger partial charge is 0.332 e. The number of rotatable bonds is 3. The van der Waals surface area contributed by atoms with Gasteiger partial charge in [0.05, 0.1) is 6.61 Å². The van der Waals surface area contributed by atoms with Crippen molar-refractivity contribution in [1.29, 1.82) is 0 Å². The fourth-order valence-electron chi connectivity index (χ4n) is 2.82. The Hall–Kier alpha value is -2.21. The van der Waals surface area contributed by atoms with Crippen LogP contribution in [0.15, 0.2) is 9.59 Å². The first-order valence-electron chi connectivity index (χ1n) is 7.03. The number of aliphatic hydroxyl groups is 3. The van der Waals surface area contributed by atoms with Crippen molar-refractivity contribution < 1.29 is 20.1 Å². The second kappa shape index (κ2) is 5.45. The van der Waals surface area contributed by atoms with Crippen molar-refractivity contribution in [2.75, 3.05) is 12.3 Å². The summed E-state index contributed by atoms with van der Waals surface area (Å²) >= 11 is 0. The van der Waals surface area contributed by atoms with Gasteiger partial charge in [-0.25, -0.2) is 9.36 Å². The third-order valence-corrected chi connectivity index (χ3v) is 3.92. The summed E-state index contributed by atoms with van der Waals surface area (Å²) < 4.78 is 7.48. The predicted octanol–water partition coefficient (Wildman–Crippen LogP) is -2.90. The number of nitrogen functional groups attached to an aromatic ring is 1. The first-order valence-corrected chi connectivity index (χ1v) is 7.03. The highest BCUT2D eigenvalue weighted by Gasteiger charge is 2.45. The molecular weight excluding hydrogens is 310 g/mol. The minimum absolute atomic E-state index is 0.00978. The Morgan fingerprint density at radius 1 is 1.35 bits per heavy atom. The Labute approximate surface area is 128 Å². The average Bonchev–Trinajstić information content (AvgIpc) is 2.94. The molecule has 4 unspecified atom stereocenters. The summed E-state index contributed by atoms with van der Waals surface area (Å²) in [5, 5.41) is 29.1. The molecule has 1 fully saturated rings. The summed E-state index contributed by atoms with van der Waals surface area (Å²) in [6.07, 6.45) is -5.20. The molecule has 0 saturated carbocycles. The molecule has 0 aliphatic carbocycles. The van der Waals surface area contributed by atoms with Gasteiger partial charge in [0.15, 0.2) is 17.4 Å². The number of hydrogen-bond acceptors (Lipinski definition) is 8. The van der Waals surface area contributed by atoms with E-state index in [9.17, 15) is 19.8 Å². The number of nitrogens with one attached hydrogen (secondary N) is 1. The van der Waals surface area contributed by atoms with Gasteiger partial charge in [-0.3, -0.25) is 14.3 Å². The first-order chi connectivity index (χ1) is 10.9. The summed E-state index contributed by atoms with van der Waals surface area (Å²) in [4.78, 5) is 30.9. The lowest BCUT2D eigenvalue weighted by Gasteiger charge is -2.15. The fourth-order valence-corrected chi connectivity index (χ4v) is 2.82. The van der Waals surface area contributed by atoms with Crippen LogP contribution in [-0.2, 0) is 11.3 Å². The number of nitrogens with zero attached hydrogens (tertiary/aromatic N) is 3. The monoisotopic (exact) mass is 327 g/mol. The van der Waals surface area contributed by atoms with Crippen molar-refractivity contribution in [2.24, 2.45) is 0 Å². The van der Waals surface area contributed by atoms with E-state index in [2.05, 4.69) is 9.97 Å². The van der Waals surface area contributed by atoms with E-state index in [-0.39, 0.29) is 23.7 Å². The van der Waals surface area contributed by atoms with Crippen LogP contribution in [-0.4, -0.2) is 59.3 Å². The highest BCUT2D eigenvalue weighted by atomic mass is 16.6. The molecule has 11 heteroatoms. The Balaban J connectivity index is 2.28. The molecule has 126 valence electrons. The number of nitrogens with two attached hydrogens (primary N) is 1. The van der Waals surface area contributed by atoms with Crippen molar-refractivity contribution in [2.45, 2.75) is 38.0 Å². The molecule has 0 radical (unpaired) electrons. The minimum Gasteiger partial charge on any atom is -0.394 e. The van der Waals surface area contributed by atoms with E-state index in [4.69, 9.17) is 15.6 Å². The zero-order chi connectivity index (χ0) is 16.9. The average molecular weight is 327 g/mol. The number of aliphatic hydroxyl groups excluding tert-OH is 3. The standard InChI is InChI=1S/C12H17N5O6/c1-2-16-5-8(14-11(13)15-9(5)21)17(12(16)22)10-7(20)6(19)4(3-18)23-10/h4,6-7,10,18-20H,2-3H2,1H3,(H3,13,14,15,21). The van der Waals surface area contributed by atoms with Gasteiger partial charge < -0.3 is 25.8 Å². The first kappa shape index (κ1) is 15.7. The van der Waals surface area contributed by atoms with Crippen LogP contribution < -0.4 is 17.0 Å². The van der Waals surface area contributed by atoms with E-state index in [0.717, 1.165) is 9.13 Å². The number of aromatic nitrogens is 4. The maximum absolute atomic E-state index is 12.6. The molecule has 23 heavy (non-hydrogen) atoms. The predicted molar refractivity (Wildman–Crippen MR) is 77.7 cm³/mol. The highest BCUT2D eigenvalue weighted by molar-refractivity contribution is 5.71. The minimum atomic E-state index is -1.47. The zero-order valence-corrected chi connectivity index (χ0v) is 12.2. The van der Waals surface area contributed by atoms with E-state index in [0.29, 0.717) is 0 Å². The lowest BCUT2D eigenvalue weighted by Crippen LogP contribution is -2.36. The van der Waals surface area contributed by atoms with Crippen molar-refractivity contribution in [3.05, 3.63) is 20.8 Å². The number of anilines is 1. The third kappa shape index (κ3) is 2.16. The van der Waals surface area contributed by atoms with Crippen LogP contribution in [0.4, 0.5) is 5.95 Å². The van der Waals surface area contributed by atoms with Crippen molar-refractivity contribution in [3.8, 4) is 0 Å². The molecule has 6 N–H and O–H groups in total. The Morgan fingerprint density at radius 3 is 2.61 bits per heavy atom. The van der Waals surface area contributed by atoms with Gasteiger partial charge in [-0.1, -0.05) is 0 Å². The van der Waals surface area contributed by atoms with Crippen LogP contribution in [0.3, 0.4) is 0 Å². The van der Waals surface area contributed by atoms with Crippen LogP contribution in [0.25, 0.3) is 11.2 Å². The quantitative estimate of drug-likeness (QED) is 0.400. The van der Waals surface area contributed by atoms with Gasteiger partial charge in [-0.2, -0.15) is 4.98 Å². The molecule has 4 atom stereocenters. The molecule has 0 bridgehead atoms. The molecule has 2 aromatic rings. The number of aromatic amines is 1. The maximum Gasteiger partial charge on any atom is 0.332 e. The van der Waals surface area contributed by atoms with E-state index >= 15 is 0 Å². The van der Waals surface area contributed by atoms with E-state index < -0.39 is 42.4 Å². The summed E-state index contributed by atoms with van der Waals surface area (Å²) in [7, 11) is 0. The highest BCUT2D eigenvalue weighted by Crippen LogP contribution is 2.30. The zero-order valence-electron chi connectivity index (χ0n) is 12.2. The van der Waals surface area contributed by atoms with E-state index in [1.165, 1.54) is 0 Å². The molecule has 0 amide bonds. The molecule has 1 saturated heterocycles. The molecular formula is C12H17N5O6.